The summed E-state index contributed by atoms with van der Waals surface area (Å²) in [5.41, 5.74) is 0.0129. The molecule has 0 aliphatic rings. The van der Waals surface area contributed by atoms with Gasteiger partial charge in [-0.2, -0.15) is 0 Å². The molecule has 18 heavy (non-hydrogen) atoms. The first-order valence-electron chi connectivity index (χ1n) is 6.16. The number of carbonyl (C=O) groups is 1. The maximum absolute atomic E-state index is 13.5. The SMILES string of the molecule is CCC(C)CCCOC(=O)c1ccc(I)cc1F. The van der Waals surface area contributed by atoms with E-state index in [-0.39, 0.29) is 5.56 Å². The van der Waals surface area contributed by atoms with E-state index >= 15 is 0 Å². The molecule has 1 atom stereocenters. The molecular formula is C14H18FIO2. The zero-order valence-corrected chi connectivity index (χ0v) is 12.9. The summed E-state index contributed by atoms with van der Waals surface area (Å²) in [6, 6.07) is 4.49. The van der Waals surface area contributed by atoms with E-state index in [1.807, 2.05) is 22.6 Å². The summed E-state index contributed by atoms with van der Waals surface area (Å²) in [6.07, 6.45) is 2.98. The fourth-order valence-corrected chi connectivity index (χ4v) is 1.99. The van der Waals surface area contributed by atoms with Crippen LogP contribution in [-0.2, 0) is 4.74 Å². The molecule has 0 N–H and O–H groups in total. The average molecular weight is 364 g/mol. The molecule has 1 unspecified atom stereocenters. The van der Waals surface area contributed by atoms with Gasteiger partial charge in [-0.25, -0.2) is 9.18 Å². The fourth-order valence-electron chi connectivity index (χ4n) is 1.53. The molecule has 0 amide bonds. The Morgan fingerprint density at radius 1 is 1.50 bits per heavy atom. The summed E-state index contributed by atoms with van der Waals surface area (Å²) < 4.78 is 19.3. The number of halogens is 2. The number of carbonyl (C=O) groups excluding carboxylic acids is 1. The van der Waals surface area contributed by atoms with Crippen molar-refractivity contribution in [2.45, 2.75) is 33.1 Å². The van der Waals surface area contributed by atoms with Gasteiger partial charge in [-0.15, -0.1) is 0 Å². The minimum atomic E-state index is -0.576. The van der Waals surface area contributed by atoms with Gasteiger partial charge in [-0.3, -0.25) is 0 Å². The van der Waals surface area contributed by atoms with Gasteiger partial charge in [0.2, 0.25) is 0 Å². The van der Waals surface area contributed by atoms with Crippen molar-refractivity contribution in [1.82, 2.24) is 0 Å². The fraction of sp³-hybridized carbons (Fsp3) is 0.500. The number of rotatable bonds is 6. The lowest BCUT2D eigenvalue weighted by atomic mass is 10.0. The molecule has 1 rings (SSSR count). The van der Waals surface area contributed by atoms with Crippen LogP contribution >= 0.6 is 22.6 Å². The van der Waals surface area contributed by atoms with Gasteiger partial charge >= 0.3 is 5.97 Å². The van der Waals surface area contributed by atoms with Gasteiger partial charge in [0.05, 0.1) is 12.2 Å². The molecule has 0 aliphatic heterocycles. The highest BCUT2D eigenvalue weighted by Crippen LogP contribution is 2.14. The number of benzene rings is 1. The molecule has 1 aromatic rings. The number of hydrogen-bond donors (Lipinski definition) is 0. The lowest BCUT2D eigenvalue weighted by Crippen LogP contribution is -2.09. The zero-order chi connectivity index (χ0) is 13.5. The molecular weight excluding hydrogens is 346 g/mol. The first kappa shape index (κ1) is 15.4. The van der Waals surface area contributed by atoms with Gasteiger partial charge in [-0.05, 0) is 59.5 Å². The van der Waals surface area contributed by atoms with Gasteiger partial charge in [0.15, 0.2) is 0 Å². The van der Waals surface area contributed by atoms with E-state index in [0.717, 1.165) is 22.8 Å². The first-order valence-corrected chi connectivity index (χ1v) is 7.24. The van der Waals surface area contributed by atoms with Gasteiger partial charge < -0.3 is 4.74 Å². The van der Waals surface area contributed by atoms with Crippen LogP contribution in [0.2, 0.25) is 0 Å². The van der Waals surface area contributed by atoms with Crippen molar-refractivity contribution in [3.63, 3.8) is 0 Å². The summed E-state index contributed by atoms with van der Waals surface area (Å²) in [6.45, 7) is 4.66. The topological polar surface area (TPSA) is 26.3 Å². The molecule has 100 valence electrons. The Balaban J connectivity index is 2.41. The van der Waals surface area contributed by atoms with Crippen LogP contribution in [0.5, 0.6) is 0 Å². The normalized spacial score (nSPS) is 12.2. The van der Waals surface area contributed by atoms with Crippen LogP contribution < -0.4 is 0 Å². The predicted octanol–water partition coefficient (Wildman–Crippen LogP) is 4.41. The molecule has 0 aliphatic carbocycles. The second-order valence-electron chi connectivity index (χ2n) is 4.42. The maximum Gasteiger partial charge on any atom is 0.341 e. The summed E-state index contributed by atoms with van der Waals surface area (Å²) in [7, 11) is 0. The third-order valence-corrected chi connectivity index (χ3v) is 3.59. The van der Waals surface area contributed by atoms with Gasteiger partial charge in [0, 0.05) is 3.57 Å². The highest BCUT2D eigenvalue weighted by molar-refractivity contribution is 14.1. The summed E-state index contributed by atoms with van der Waals surface area (Å²) in [5.74, 6) is -0.458. The molecule has 2 nitrogen and oxygen atoms in total. The summed E-state index contributed by atoms with van der Waals surface area (Å²) in [4.78, 5) is 11.6. The summed E-state index contributed by atoms with van der Waals surface area (Å²) in [5, 5.41) is 0. The molecule has 0 aromatic heterocycles. The highest BCUT2D eigenvalue weighted by Gasteiger charge is 2.13. The lowest BCUT2D eigenvalue weighted by Gasteiger charge is -2.09. The smallest absolute Gasteiger partial charge is 0.341 e. The molecule has 0 saturated heterocycles. The Labute approximate surface area is 121 Å². The van der Waals surface area contributed by atoms with Crippen LogP contribution in [0.25, 0.3) is 0 Å². The predicted molar refractivity (Wildman–Crippen MR) is 78.1 cm³/mol. The number of hydrogen-bond acceptors (Lipinski definition) is 2. The Morgan fingerprint density at radius 2 is 2.22 bits per heavy atom. The molecule has 0 bridgehead atoms. The first-order chi connectivity index (χ1) is 8.54. The minimum absolute atomic E-state index is 0.0129. The molecule has 0 radical (unpaired) electrons. The third kappa shape index (κ3) is 4.92. The molecule has 1 aromatic carbocycles. The lowest BCUT2D eigenvalue weighted by molar-refractivity contribution is 0.0488. The van der Waals surface area contributed by atoms with E-state index in [4.69, 9.17) is 4.74 Å². The Hall–Kier alpha value is -0.650. The molecule has 0 saturated carbocycles. The minimum Gasteiger partial charge on any atom is -0.462 e. The van der Waals surface area contributed by atoms with Crippen molar-refractivity contribution in [3.05, 3.63) is 33.1 Å². The molecule has 0 fully saturated rings. The van der Waals surface area contributed by atoms with E-state index in [1.165, 1.54) is 12.1 Å². The molecule has 0 heterocycles. The number of esters is 1. The Morgan fingerprint density at radius 3 is 2.83 bits per heavy atom. The second-order valence-corrected chi connectivity index (χ2v) is 5.66. The van der Waals surface area contributed by atoms with Crippen molar-refractivity contribution in [2.24, 2.45) is 5.92 Å². The zero-order valence-electron chi connectivity index (χ0n) is 10.7. The summed E-state index contributed by atoms with van der Waals surface area (Å²) >= 11 is 2.00. The monoisotopic (exact) mass is 364 g/mol. The average Bonchev–Trinajstić information content (AvgIpc) is 2.34. The Kier molecular flexibility index (Phi) is 6.60. The van der Waals surface area contributed by atoms with Crippen LogP contribution in [0.15, 0.2) is 18.2 Å². The van der Waals surface area contributed by atoms with Crippen molar-refractivity contribution in [3.8, 4) is 0 Å². The van der Waals surface area contributed by atoms with Crippen LogP contribution in [0.4, 0.5) is 4.39 Å². The van der Waals surface area contributed by atoms with E-state index in [9.17, 15) is 9.18 Å². The van der Waals surface area contributed by atoms with Crippen LogP contribution in [0.1, 0.15) is 43.5 Å². The van der Waals surface area contributed by atoms with E-state index in [1.54, 1.807) is 6.07 Å². The largest absolute Gasteiger partial charge is 0.462 e. The van der Waals surface area contributed by atoms with Crippen molar-refractivity contribution in [2.75, 3.05) is 6.61 Å². The van der Waals surface area contributed by atoms with Crippen molar-refractivity contribution >= 4 is 28.6 Å². The van der Waals surface area contributed by atoms with E-state index in [0.29, 0.717) is 12.5 Å². The van der Waals surface area contributed by atoms with Crippen LogP contribution in [-0.4, -0.2) is 12.6 Å². The van der Waals surface area contributed by atoms with Crippen LogP contribution in [0.3, 0.4) is 0 Å². The van der Waals surface area contributed by atoms with Gasteiger partial charge in [-0.1, -0.05) is 20.3 Å². The molecule has 0 spiro atoms. The van der Waals surface area contributed by atoms with Gasteiger partial charge in [0.25, 0.3) is 0 Å². The highest BCUT2D eigenvalue weighted by atomic mass is 127. The standard InChI is InChI=1S/C14H18FIO2/c1-3-10(2)5-4-8-18-14(17)12-7-6-11(16)9-13(12)15/h6-7,9-10H,3-5,8H2,1-2H3. The van der Waals surface area contributed by atoms with Crippen LogP contribution in [0, 0.1) is 15.3 Å². The van der Waals surface area contributed by atoms with E-state index < -0.39 is 11.8 Å². The van der Waals surface area contributed by atoms with E-state index in [2.05, 4.69) is 13.8 Å². The van der Waals surface area contributed by atoms with Crippen molar-refractivity contribution < 1.29 is 13.9 Å². The van der Waals surface area contributed by atoms with Crippen molar-refractivity contribution in [1.29, 1.82) is 0 Å². The Bertz CT molecular complexity index is 407. The maximum atomic E-state index is 13.5. The number of ether oxygens (including phenoxy) is 1. The van der Waals surface area contributed by atoms with Gasteiger partial charge in [0.1, 0.15) is 5.82 Å². The quantitative estimate of drug-likeness (QED) is 0.425. The third-order valence-electron chi connectivity index (χ3n) is 2.92. The molecule has 4 heteroatoms. The second kappa shape index (κ2) is 7.71.